The van der Waals surface area contributed by atoms with E-state index in [9.17, 15) is 5.11 Å². The summed E-state index contributed by atoms with van der Waals surface area (Å²) in [6.45, 7) is 6.62. The van der Waals surface area contributed by atoms with Gasteiger partial charge in [0.25, 0.3) is 0 Å². The van der Waals surface area contributed by atoms with Crippen LogP contribution in [-0.2, 0) is 4.52 Å². The molecule has 0 aromatic carbocycles. The second kappa shape index (κ2) is 3.33. The Bertz CT molecular complexity index is 127. The standard InChI is InChI=1S/C6H15O4P/c1-5(2,3)6(4,7)10-11(8)9/h7-9H,1-4H3. The lowest BCUT2D eigenvalue weighted by atomic mass is 9.87. The third-order valence-corrected chi connectivity index (χ3v) is 2.17. The maximum Gasteiger partial charge on any atom is 0.329 e. The van der Waals surface area contributed by atoms with Gasteiger partial charge in [0.05, 0.1) is 0 Å². The molecule has 1 atom stereocenters. The molecule has 1 unspecified atom stereocenters. The molecule has 0 heterocycles. The van der Waals surface area contributed by atoms with E-state index in [0.29, 0.717) is 0 Å². The molecule has 11 heavy (non-hydrogen) atoms. The second-order valence-corrected chi connectivity index (χ2v) is 4.26. The molecule has 0 bridgehead atoms. The molecule has 0 aromatic heterocycles. The normalized spacial score (nSPS) is 18.5. The van der Waals surface area contributed by atoms with Crippen LogP contribution in [-0.4, -0.2) is 20.7 Å². The molecule has 68 valence electrons. The predicted octanol–water partition coefficient (Wildman–Crippen LogP) is 0.969. The SMILES string of the molecule is CC(C)(C)C(C)(O)OP(O)O. The van der Waals surface area contributed by atoms with Crippen LogP contribution in [0.4, 0.5) is 0 Å². The summed E-state index contributed by atoms with van der Waals surface area (Å²) >= 11 is 0. The van der Waals surface area contributed by atoms with E-state index in [4.69, 9.17) is 9.79 Å². The zero-order chi connectivity index (χ0) is 9.28. The monoisotopic (exact) mass is 182 g/mol. The van der Waals surface area contributed by atoms with Crippen molar-refractivity contribution in [3.05, 3.63) is 0 Å². The van der Waals surface area contributed by atoms with Gasteiger partial charge in [-0.1, -0.05) is 20.8 Å². The summed E-state index contributed by atoms with van der Waals surface area (Å²) in [5, 5.41) is 9.50. The lowest BCUT2D eigenvalue weighted by Gasteiger charge is -2.36. The van der Waals surface area contributed by atoms with Crippen LogP contribution in [0, 0.1) is 5.41 Å². The summed E-state index contributed by atoms with van der Waals surface area (Å²) < 4.78 is 4.53. The molecule has 0 rings (SSSR count). The quantitative estimate of drug-likeness (QED) is 0.439. The Morgan fingerprint density at radius 2 is 1.45 bits per heavy atom. The van der Waals surface area contributed by atoms with E-state index in [1.54, 1.807) is 20.8 Å². The Kier molecular flexibility index (Phi) is 3.42. The van der Waals surface area contributed by atoms with Crippen LogP contribution in [0.5, 0.6) is 0 Å². The molecule has 0 radical (unpaired) electrons. The highest BCUT2D eigenvalue weighted by Gasteiger charge is 2.38. The van der Waals surface area contributed by atoms with E-state index in [-0.39, 0.29) is 0 Å². The van der Waals surface area contributed by atoms with Crippen LogP contribution >= 0.6 is 8.60 Å². The summed E-state index contributed by atoms with van der Waals surface area (Å²) in [6, 6.07) is 0. The van der Waals surface area contributed by atoms with E-state index in [1.807, 2.05) is 0 Å². The molecule has 0 spiro atoms. The summed E-state index contributed by atoms with van der Waals surface area (Å²) in [4.78, 5) is 17.0. The molecule has 0 fully saturated rings. The van der Waals surface area contributed by atoms with Crippen molar-refractivity contribution in [2.75, 3.05) is 0 Å². The van der Waals surface area contributed by atoms with Gasteiger partial charge in [0.15, 0.2) is 5.79 Å². The number of aliphatic hydroxyl groups is 1. The van der Waals surface area contributed by atoms with Crippen molar-refractivity contribution in [2.45, 2.75) is 33.5 Å². The Balaban J connectivity index is 4.22. The molecule has 5 heteroatoms. The Labute approximate surface area is 67.8 Å². The van der Waals surface area contributed by atoms with Gasteiger partial charge in [0.1, 0.15) is 0 Å². The maximum atomic E-state index is 9.50. The van der Waals surface area contributed by atoms with Crippen LogP contribution in [0.3, 0.4) is 0 Å². The molecule has 0 aliphatic rings. The van der Waals surface area contributed by atoms with Crippen molar-refractivity contribution in [1.29, 1.82) is 0 Å². The topological polar surface area (TPSA) is 69.9 Å². The van der Waals surface area contributed by atoms with Gasteiger partial charge in [-0.2, -0.15) is 0 Å². The zero-order valence-corrected chi connectivity index (χ0v) is 8.09. The lowest BCUT2D eigenvalue weighted by Crippen LogP contribution is -2.41. The van der Waals surface area contributed by atoms with Crippen LogP contribution in [0.2, 0.25) is 0 Å². The Hall–Kier alpha value is 0.270. The average Bonchev–Trinajstić information content (AvgIpc) is 1.56. The van der Waals surface area contributed by atoms with Crippen LogP contribution in [0.1, 0.15) is 27.7 Å². The number of rotatable bonds is 2. The van der Waals surface area contributed by atoms with Gasteiger partial charge in [-0.15, -0.1) is 0 Å². The minimum Gasteiger partial charge on any atom is -0.365 e. The molecule has 0 aliphatic heterocycles. The average molecular weight is 182 g/mol. The highest BCUT2D eigenvalue weighted by molar-refractivity contribution is 7.39. The van der Waals surface area contributed by atoms with Gasteiger partial charge in [0, 0.05) is 5.41 Å². The van der Waals surface area contributed by atoms with Gasteiger partial charge >= 0.3 is 8.60 Å². The van der Waals surface area contributed by atoms with Gasteiger partial charge in [-0.05, 0) is 6.92 Å². The minimum atomic E-state index is -2.50. The van der Waals surface area contributed by atoms with E-state index < -0.39 is 19.8 Å². The molecule has 0 saturated carbocycles. The summed E-state index contributed by atoms with van der Waals surface area (Å²) in [5.41, 5.74) is -0.543. The highest BCUT2D eigenvalue weighted by atomic mass is 31.2. The Morgan fingerprint density at radius 1 is 1.09 bits per heavy atom. The summed E-state index contributed by atoms with van der Waals surface area (Å²) in [7, 11) is -2.50. The van der Waals surface area contributed by atoms with Crippen molar-refractivity contribution in [1.82, 2.24) is 0 Å². The molecular formula is C6H15O4P. The van der Waals surface area contributed by atoms with Crippen molar-refractivity contribution in [3.8, 4) is 0 Å². The molecular weight excluding hydrogens is 167 g/mol. The smallest absolute Gasteiger partial charge is 0.329 e. The molecule has 0 aliphatic carbocycles. The Morgan fingerprint density at radius 3 is 1.55 bits per heavy atom. The van der Waals surface area contributed by atoms with Crippen molar-refractivity contribution >= 4 is 8.60 Å². The fourth-order valence-corrected chi connectivity index (χ4v) is 0.888. The van der Waals surface area contributed by atoms with E-state index in [0.717, 1.165) is 0 Å². The van der Waals surface area contributed by atoms with Crippen LogP contribution in [0.15, 0.2) is 0 Å². The molecule has 4 nitrogen and oxygen atoms in total. The molecule has 3 N–H and O–H groups in total. The third kappa shape index (κ3) is 3.45. The maximum absolute atomic E-state index is 9.50. The van der Waals surface area contributed by atoms with Gasteiger partial charge < -0.3 is 14.9 Å². The third-order valence-electron chi connectivity index (χ3n) is 1.65. The first-order valence-corrected chi connectivity index (χ1v) is 4.43. The van der Waals surface area contributed by atoms with E-state index in [2.05, 4.69) is 4.52 Å². The summed E-state index contributed by atoms with van der Waals surface area (Å²) in [5.74, 6) is -1.51. The number of hydrogen-bond acceptors (Lipinski definition) is 4. The molecule has 0 amide bonds. The number of hydrogen-bond donors (Lipinski definition) is 3. The largest absolute Gasteiger partial charge is 0.365 e. The first-order valence-electron chi connectivity index (χ1n) is 3.26. The predicted molar refractivity (Wildman–Crippen MR) is 42.5 cm³/mol. The van der Waals surface area contributed by atoms with E-state index >= 15 is 0 Å². The summed E-state index contributed by atoms with van der Waals surface area (Å²) in [6.07, 6.45) is 0. The fourth-order valence-electron chi connectivity index (χ4n) is 0.296. The van der Waals surface area contributed by atoms with Gasteiger partial charge in [-0.25, -0.2) is 0 Å². The van der Waals surface area contributed by atoms with Crippen molar-refractivity contribution in [3.63, 3.8) is 0 Å². The van der Waals surface area contributed by atoms with Crippen molar-refractivity contribution in [2.24, 2.45) is 5.41 Å². The zero-order valence-electron chi connectivity index (χ0n) is 7.20. The highest BCUT2D eigenvalue weighted by Crippen LogP contribution is 2.40. The first kappa shape index (κ1) is 11.3. The molecule has 0 aromatic rings. The van der Waals surface area contributed by atoms with Gasteiger partial charge in [0.2, 0.25) is 0 Å². The van der Waals surface area contributed by atoms with Gasteiger partial charge in [-0.3, -0.25) is 4.52 Å². The van der Waals surface area contributed by atoms with E-state index in [1.165, 1.54) is 6.92 Å². The lowest BCUT2D eigenvalue weighted by molar-refractivity contribution is -0.195. The van der Waals surface area contributed by atoms with Crippen LogP contribution in [0.25, 0.3) is 0 Å². The minimum absolute atomic E-state index is 0.543. The second-order valence-electron chi connectivity index (χ2n) is 3.58. The molecule has 0 saturated heterocycles. The van der Waals surface area contributed by atoms with Crippen LogP contribution < -0.4 is 0 Å². The first-order chi connectivity index (χ1) is 4.67. The fraction of sp³-hybridized carbons (Fsp3) is 1.00. The van der Waals surface area contributed by atoms with Crippen molar-refractivity contribution < 1.29 is 19.4 Å².